The van der Waals surface area contributed by atoms with Gasteiger partial charge in [0, 0.05) is 50.1 Å². The van der Waals surface area contributed by atoms with Gasteiger partial charge in [-0.15, -0.1) is 0 Å². The van der Waals surface area contributed by atoms with Crippen LogP contribution < -0.4 is 0 Å². The number of aryl methyl sites for hydroxylation is 7. The Morgan fingerprint density at radius 3 is 0.586 bits per heavy atom. The Bertz CT molecular complexity index is 7330. The minimum atomic E-state index is 0.615. The van der Waals surface area contributed by atoms with Crippen molar-refractivity contribution >= 4 is 0 Å². The number of benzene rings is 18. The summed E-state index contributed by atoms with van der Waals surface area (Å²) in [6.07, 6.45) is 0. The first-order valence-electron chi connectivity index (χ1n) is 45.0. The molecule has 0 aliphatic rings. The molecule has 0 unspecified atom stereocenters. The highest BCUT2D eigenvalue weighted by Gasteiger charge is 2.20. The molecule has 21 aromatic rings. The van der Waals surface area contributed by atoms with Gasteiger partial charge >= 0.3 is 0 Å². The normalized spacial score (nSPS) is 11.0. The predicted octanol–water partition coefficient (Wildman–Crippen LogP) is 31.8. The average molecular weight is 1710 g/mol. The van der Waals surface area contributed by atoms with Crippen LogP contribution in [0.3, 0.4) is 0 Å². The van der Waals surface area contributed by atoms with Gasteiger partial charge in [0.1, 0.15) is 0 Å². The van der Waals surface area contributed by atoms with Crippen molar-refractivity contribution < 1.29 is 0 Å². The van der Waals surface area contributed by atoms with Crippen LogP contribution in [0.2, 0.25) is 0 Å². The van der Waals surface area contributed by atoms with Gasteiger partial charge in [0.05, 0.1) is 0 Å². The fourth-order valence-electron chi connectivity index (χ4n) is 16.5. The second-order valence-electron chi connectivity index (χ2n) is 33.9. The minimum absolute atomic E-state index is 0.615. The highest BCUT2D eigenvalue weighted by atomic mass is 15.1. The lowest BCUT2D eigenvalue weighted by Gasteiger charge is -2.13. The first-order valence-corrected chi connectivity index (χ1v) is 45.0. The van der Waals surface area contributed by atoms with Crippen molar-refractivity contribution in [3.8, 4) is 203 Å². The smallest absolute Gasteiger partial charge is 0.164 e. The summed E-state index contributed by atoms with van der Waals surface area (Å²) in [5.74, 6) is 5.89. The summed E-state index contributed by atoms with van der Waals surface area (Å²) in [6.45, 7) is 14.8. The van der Waals surface area contributed by atoms with Gasteiger partial charge < -0.3 is 0 Å². The number of hydrogen-bond donors (Lipinski definition) is 0. The van der Waals surface area contributed by atoms with Gasteiger partial charge in [0.2, 0.25) is 0 Å². The maximum absolute atomic E-state index is 5.22. The standard InChI is InChI=1S/C59H43N3.C35H27N3.C30H25N3/c1-40-19-23-44(24-20-40)50-15-9-17-52(35-50)46-27-31-48(32-28-46)57-60-58(49-33-29-47(30-34-49)53-18-10-16-51(36-53)45-25-21-41(2)22-26-45)62-59(61-57)56-38-54(42-11-5-3-6-12-42)37-55(39-56)43-13-7-4-8-14-43;1-24-13-16-26(17-14-24)31-18-15-25(2)32(23-31)27-19-21-30(22-20-27)35-37-33(28-9-5-3-6-10-28)36-34(38-35)29-11-7-4-8-12-29;1-20-7-4-10-25(17-20)23-13-15-24(16-14-23)28-31-29(26-11-5-8-21(2)18-26)33-30(32-28)27-12-6-9-22(3)19-27/h3-39H,1-2H3;3-23H,1-2H3;4-19H,1-3H3. The maximum Gasteiger partial charge on any atom is 0.164 e. The molecule has 0 amide bonds. The molecule has 0 radical (unpaired) electrons. The van der Waals surface area contributed by atoms with E-state index in [0.29, 0.717) is 52.4 Å². The second-order valence-corrected chi connectivity index (χ2v) is 33.9. The molecule has 0 N–H and O–H groups in total. The molecule has 3 heterocycles. The Morgan fingerprint density at radius 1 is 0.105 bits per heavy atom. The van der Waals surface area contributed by atoms with Crippen molar-refractivity contribution in [1.29, 1.82) is 0 Å². The zero-order chi connectivity index (χ0) is 90.5. The maximum atomic E-state index is 5.22. The van der Waals surface area contributed by atoms with Gasteiger partial charge in [-0.25, -0.2) is 44.9 Å². The van der Waals surface area contributed by atoms with Gasteiger partial charge in [-0.1, -0.05) is 434 Å². The van der Waals surface area contributed by atoms with Gasteiger partial charge in [-0.05, 0) is 203 Å². The van der Waals surface area contributed by atoms with Crippen LogP contribution in [0.15, 0.2) is 449 Å². The summed E-state index contributed by atoms with van der Waals surface area (Å²) < 4.78 is 0. The van der Waals surface area contributed by atoms with Gasteiger partial charge in [-0.3, -0.25) is 0 Å². The first kappa shape index (κ1) is 85.4. The molecule has 0 aliphatic carbocycles. The Hall–Kier alpha value is -17.0. The van der Waals surface area contributed by atoms with Crippen LogP contribution in [0.4, 0.5) is 0 Å². The molecule has 0 fully saturated rings. The second kappa shape index (κ2) is 39.3. The SMILES string of the molecule is Cc1ccc(-c2ccc(C)c(-c3ccc(-c4nc(-c5ccccc5)nc(-c5ccccc5)n4)cc3)c2)cc1.Cc1ccc(-c2cccc(-c3ccc(-c4nc(-c5ccc(-c6cccc(-c7ccc(C)cc7)c6)cc5)nc(-c5cc(-c6ccccc6)cc(-c6ccccc6)c5)n4)cc3)c2)cc1.Cc1cccc(-c2ccc(-c3nc(-c4cccc(C)c4)nc(-c4cccc(C)c4)n3)cc2)c1. The molecule has 21 rings (SSSR count). The third-order valence-corrected chi connectivity index (χ3v) is 23.9. The molecule has 9 heteroatoms. The van der Waals surface area contributed by atoms with E-state index in [4.69, 9.17) is 44.9 Å². The molecule has 0 atom stereocenters. The Labute approximate surface area is 778 Å². The zero-order valence-electron chi connectivity index (χ0n) is 75.2. The van der Waals surface area contributed by atoms with E-state index in [1.807, 2.05) is 97.1 Å². The summed E-state index contributed by atoms with van der Waals surface area (Å²) >= 11 is 0. The Balaban J connectivity index is 0.000000138. The van der Waals surface area contributed by atoms with Gasteiger partial charge in [-0.2, -0.15) is 0 Å². The quantitative estimate of drug-likeness (QED) is 0.0828. The monoisotopic (exact) mass is 1710 g/mol. The van der Waals surface area contributed by atoms with Crippen LogP contribution in [-0.2, 0) is 0 Å². The van der Waals surface area contributed by atoms with E-state index >= 15 is 0 Å². The lowest BCUT2D eigenvalue weighted by atomic mass is 9.94. The largest absolute Gasteiger partial charge is 0.208 e. The van der Waals surface area contributed by atoms with Crippen molar-refractivity contribution in [2.75, 3.05) is 0 Å². The van der Waals surface area contributed by atoms with E-state index in [1.54, 1.807) is 0 Å². The number of aromatic nitrogens is 9. The lowest BCUT2D eigenvalue weighted by molar-refractivity contribution is 1.07. The van der Waals surface area contributed by atoms with Crippen molar-refractivity contribution in [2.24, 2.45) is 0 Å². The van der Waals surface area contributed by atoms with E-state index in [1.165, 1.54) is 94.6 Å². The molecule has 9 nitrogen and oxygen atoms in total. The molecule has 18 aromatic carbocycles. The molecule has 0 bridgehead atoms. The average Bonchev–Trinajstić information content (AvgIpc) is 0.793. The minimum Gasteiger partial charge on any atom is -0.208 e. The summed E-state index contributed by atoms with van der Waals surface area (Å²) in [5, 5.41) is 0. The Morgan fingerprint density at radius 2 is 0.286 bits per heavy atom. The fourth-order valence-corrected chi connectivity index (χ4v) is 16.5. The van der Waals surface area contributed by atoms with Crippen LogP contribution in [-0.4, -0.2) is 44.9 Å². The molecular formula is C124H95N9. The molecule has 0 spiro atoms. The summed E-state index contributed by atoms with van der Waals surface area (Å²) in [5.41, 5.74) is 38.2. The van der Waals surface area contributed by atoms with E-state index in [9.17, 15) is 0 Å². The van der Waals surface area contributed by atoms with E-state index in [-0.39, 0.29) is 0 Å². The molecule has 3 aromatic heterocycles. The van der Waals surface area contributed by atoms with Gasteiger partial charge in [0.15, 0.2) is 52.4 Å². The summed E-state index contributed by atoms with van der Waals surface area (Å²) in [7, 11) is 0. The third-order valence-electron chi connectivity index (χ3n) is 23.9. The van der Waals surface area contributed by atoms with Crippen LogP contribution in [0.25, 0.3) is 203 Å². The zero-order valence-corrected chi connectivity index (χ0v) is 75.2. The van der Waals surface area contributed by atoms with Crippen LogP contribution in [0.1, 0.15) is 38.9 Å². The van der Waals surface area contributed by atoms with Crippen LogP contribution in [0, 0.1) is 48.5 Å². The first-order chi connectivity index (χ1) is 65.2. The third kappa shape index (κ3) is 20.4. The summed E-state index contributed by atoms with van der Waals surface area (Å²) in [4.78, 5) is 44.7. The summed E-state index contributed by atoms with van der Waals surface area (Å²) in [6, 6.07) is 157. The number of nitrogens with zero attached hydrogens (tertiary/aromatic N) is 9. The van der Waals surface area contributed by atoms with Crippen molar-refractivity contribution in [1.82, 2.24) is 44.9 Å². The molecule has 0 saturated heterocycles. The van der Waals surface area contributed by atoms with Crippen molar-refractivity contribution in [2.45, 2.75) is 48.5 Å². The van der Waals surface area contributed by atoms with Crippen LogP contribution >= 0.6 is 0 Å². The molecular weight excluding hydrogens is 1620 g/mol. The molecule has 0 aliphatic heterocycles. The van der Waals surface area contributed by atoms with Crippen molar-refractivity contribution in [3.63, 3.8) is 0 Å². The van der Waals surface area contributed by atoms with E-state index in [0.717, 1.165) is 94.6 Å². The van der Waals surface area contributed by atoms with E-state index in [2.05, 4.69) is 400 Å². The van der Waals surface area contributed by atoms with E-state index < -0.39 is 0 Å². The number of rotatable bonds is 18. The van der Waals surface area contributed by atoms with Gasteiger partial charge in [0.25, 0.3) is 0 Å². The number of hydrogen-bond acceptors (Lipinski definition) is 9. The highest BCUT2D eigenvalue weighted by Crippen LogP contribution is 2.39. The Kier molecular flexibility index (Phi) is 25.2. The van der Waals surface area contributed by atoms with Crippen LogP contribution in [0.5, 0.6) is 0 Å². The predicted molar refractivity (Wildman–Crippen MR) is 550 cm³/mol. The molecule has 133 heavy (non-hydrogen) atoms. The lowest BCUT2D eigenvalue weighted by Crippen LogP contribution is -2.00. The molecule has 0 saturated carbocycles. The van der Waals surface area contributed by atoms with Crippen molar-refractivity contribution in [3.05, 3.63) is 488 Å². The molecule has 636 valence electrons. The highest BCUT2D eigenvalue weighted by molar-refractivity contribution is 5.84. The topological polar surface area (TPSA) is 116 Å². The fraction of sp³-hybridized carbons (Fsp3) is 0.0565.